The first-order chi connectivity index (χ1) is 11.7. The van der Waals surface area contributed by atoms with E-state index in [4.69, 9.17) is 9.47 Å². The third-order valence-corrected chi connectivity index (χ3v) is 3.72. The molecule has 0 bridgehead atoms. The molecule has 0 unspecified atom stereocenters. The molecule has 0 aliphatic carbocycles. The summed E-state index contributed by atoms with van der Waals surface area (Å²) >= 11 is 0. The van der Waals surface area contributed by atoms with E-state index in [1.807, 2.05) is 37.3 Å². The first kappa shape index (κ1) is 16.2. The lowest BCUT2D eigenvalue weighted by Crippen LogP contribution is -2.07. The van der Waals surface area contributed by atoms with Crippen LogP contribution in [0.4, 0.5) is 4.39 Å². The normalized spacial score (nSPS) is 12.1. The minimum Gasteiger partial charge on any atom is -0.480 e. The number of aromatic nitrogens is 2. The zero-order valence-corrected chi connectivity index (χ0v) is 13.6. The topological polar surface area (TPSA) is 36.3 Å². The van der Waals surface area contributed by atoms with Crippen molar-refractivity contribution in [1.82, 2.24) is 9.78 Å². The van der Waals surface area contributed by atoms with Crippen molar-refractivity contribution >= 4 is 0 Å². The van der Waals surface area contributed by atoms with Gasteiger partial charge in [0.2, 0.25) is 5.88 Å². The maximum Gasteiger partial charge on any atom is 0.233 e. The molecule has 4 nitrogen and oxygen atoms in total. The zero-order valence-electron chi connectivity index (χ0n) is 13.6. The van der Waals surface area contributed by atoms with Crippen molar-refractivity contribution < 1.29 is 13.9 Å². The van der Waals surface area contributed by atoms with Crippen molar-refractivity contribution in [1.29, 1.82) is 0 Å². The Morgan fingerprint density at radius 3 is 2.71 bits per heavy atom. The van der Waals surface area contributed by atoms with Crippen LogP contribution in [0.5, 0.6) is 5.88 Å². The highest BCUT2D eigenvalue weighted by Gasteiger charge is 2.15. The van der Waals surface area contributed by atoms with E-state index in [9.17, 15) is 4.39 Å². The molecule has 0 saturated carbocycles. The van der Waals surface area contributed by atoms with Crippen LogP contribution < -0.4 is 4.74 Å². The minimum absolute atomic E-state index is 0.306. The standard InChI is InChI=1S/C19H18FN2O2/c1-14(24-13-15-6-4-3-5-7-15)17-12-16(20)8-9-18(17)22-11-10-19(21-22)23-2/h3-10,12,14H,13H2,1-2H3/t14-/m1/s1. The molecule has 0 aliphatic heterocycles. The highest BCUT2D eigenvalue weighted by atomic mass is 19.1. The zero-order chi connectivity index (χ0) is 16.9. The minimum atomic E-state index is -0.317. The molecular formula is C19H18FN2O2. The largest absolute Gasteiger partial charge is 0.480 e. The van der Waals surface area contributed by atoms with Gasteiger partial charge in [-0.25, -0.2) is 9.07 Å². The predicted octanol–water partition coefficient (Wildman–Crippen LogP) is 4.10. The lowest BCUT2D eigenvalue weighted by molar-refractivity contribution is 0.0522. The second-order valence-corrected chi connectivity index (χ2v) is 5.37. The molecule has 1 atom stereocenters. The Morgan fingerprint density at radius 2 is 2.00 bits per heavy atom. The second-order valence-electron chi connectivity index (χ2n) is 5.37. The van der Waals surface area contributed by atoms with Gasteiger partial charge < -0.3 is 9.47 Å². The van der Waals surface area contributed by atoms with Crippen LogP contribution in [0.3, 0.4) is 0 Å². The summed E-state index contributed by atoms with van der Waals surface area (Å²) in [4.78, 5) is 0. The highest BCUT2D eigenvalue weighted by molar-refractivity contribution is 5.42. The summed E-state index contributed by atoms with van der Waals surface area (Å²) in [5.41, 5.74) is 2.47. The number of methoxy groups -OCH3 is 1. The van der Waals surface area contributed by atoms with Gasteiger partial charge in [0.05, 0.1) is 31.7 Å². The molecule has 0 aliphatic rings. The third kappa shape index (κ3) is 3.63. The molecule has 24 heavy (non-hydrogen) atoms. The average Bonchev–Trinajstić information content (AvgIpc) is 3.09. The quantitative estimate of drug-likeness (QED) is 0.684. The molecule has 2 aromatic carbocycles. The predicted molar refractivity (Wildman–Crippen MR) is 88.6 cm³/mol. The maximum atomic E-state index is 13.7. The van der Waals surface area contributed by atoms with Crippen LogP contribution in [0, 0.1) is 12.0 Å². The molecular weight excluding hydrogens is 307 g/mol. The molecule has 5 heteroatoms. The van der Waals surface area contributed by atoms with Gasteiger partial charge in [-0.15, -0.1) is 5.10 Å². The number of benzene rings is 2. The Balaban J connectivity index is 1.84. The Bertz CT molecular complexity index is 802. The molecule has 0 N–H and O–H groups in total. The summed E-state index contributed by atoms with van der Waals surface area (Å²) in [7, 11) is 1.54. The Morgan fingerprint density at radius 1 is 1.21 bits per heavy atom. The number of hydrogen-bond donors (Lipinski definition) is 0. The first-order valence-electron chi connectivity index (χ1n) is 7.64. The van der Waals surface area contributed by atoms with Gasteiger partial charge in [0.25, 0.3) is 0 Å². The molecule has 3 rings (SSSR count). The van der Waals surface area contributed by atoms with Crippen LogP contribution in [0.15, 0.2) is 54.6 Å². The van der Waals surface area contributed by atoms with Crippen molar-refractivity contribution in [2.75, 3.05) is 7.11 Å². The van der Waals surface area contributed by atoms with Crippen LogP contribution in [0.25, 0.3) is 5.69 Å². The van der Waals surface area contributed by atoms with Crippen LogP contribution in [0.1, 0.15) is 24.2 Å². The van der Waals surface area contributed by atoms with E-state index in [1.54, 1.807) is 12.1 Å². The Labute approximate surface area is 140 Å². The Kier molecular flexibility index (Phi) is 4.91. The average molecular weight is 325 g/mol. The molecule has 0 fully saturated rings. The van der Waals surface area contributed by atoms with E-state index in [1.165, 1.54) is 23.9 Å². The third-order valence-electron chi connectivity index (χ3n) is 3.72. The van der Waals surface area contributed by atoms with Crippen molar-refractivity contribution in [3.63, 3.8) is 0 Å². The summed E-state index contributed by atoms with van der Waals surface area (Å²) < 4.78 is 26.3. The summed E-state index contributed by atoms with van der Waals surface area (Å²) in [5, 5.41) is 4.25. The number of hydrogen-bond acceptors (Lipinski definition) is 3. The van der Waals surface area contributed by atoms with Gasteiger partial charge in [0.1, 0.15) is 5.82 Å². The maximum absolute atomic E-state index is 13.7. The van der Waals surface area contributed by atoms with Gasteiger partial charge in [-0.05, 0) is 30.7 Å². The number of rotatable bonds is 6. The molecule has 123 valence electrons. The number of halogens is 1. The molecule has 0 spiro atoms. The fourth-order valence-electron chi connectivity index (χ4n) is 2.42. The van der Waals surface area contributed by atoms with E-state index < -0.39 is 0 Å². The van der Waals surface area contributed by atoms with Crippen LogP contribution >= 0.6 is 0 Å². The molecule has 1 aromatic heterocycles. The number of ether oxygens (including phenoxy) is 2. The fraction of sp³-hybridized carbons (Fsp3) is 0.211. The number of nitrogens with zero attached hydrogens (tertiary/aromatic N) is 2. The van der Waals surface area contributed by atoms with E-state index in [0.717, 1.165) is 5.56 Å². The summed E-state index contributed by atoms with van der Waals surface area (Å²) in [5.74, 6) is 0.131. The van der Waals surface area contributed by atoms with E-state index in [2.05, 4.69) is 11.3 Å². The SMILES string of the molecule is COc1c[c]n(-c2ccc(F)cc2[C@@H](C)OCc2ccccc2)n1. The smallest absolute Gasteiger partial charge is 0.233 e. The van der Waals surface area contributed by atoms with Crippen LogP contribution in [-0.2, 0) is 11.3 Å². The molecule has 0 amide bonds. The first-order valence-corrected chi connectivity index (χ1v) is 7.64. The van der Waals surface area contributed by atoms with Gasteiger partial charge in [0.15, 0.2) is 0 Å². The lowest BCUT2D eigenvalue weighted by Gasteiger charge is -2.17. The van der Waals surface area contributed by atoms with Crippen LogP contribution in [-0.4, -0.2) is 16.9 Å². The molecule has 1 heterocycles. The summed E-state index contributed by atoms with van der Waals surface area (Å²) in [6.45, 7) is 2.34. The van der Waals surface area contributed by atoms with Gasteiger partial charge in [0, 0.05) is 11.6 Å². The molecule has 1 radical (unpaired) electrons. The van der Waals surface area contributed by atoms with Gasteiger partial charge in [-0.1, -0.05) is 30.3 Å². The van der Waals surface area contributed by atoms with Crippen molar-refractivity contribution in [2.24, 2.45) is 0 Å². The van der Waals surface area contributed by atoms with E-state index in [0.29, 0.717) is 23.7 Å². The Hall–Kier alpha value is -2.66. The highest BCUT2D eigenvalue weighted by Crippen LogP contribution is 2.26. The van der Waals surface area contributed by atoms with Crippen LogP contribution in [0.2, 0.25) is 0 Å². The summed E-state index contributed by atoms with van der Waals surface area (Å²) in [6, 6.07) is 16.0. The van der Waals surface area contributed by atoms with Crippen molar-refractivity contribution in [3.05, 3.63) is 77.7 Å². The van der Waals surface area contributed by atoms with E-state index >= 15 is 0 Å². The van der Waals surface area contributed by atoms with Crippen molar-refractivity contribution in [2.45, 2.75) is 19.6 Å². The fourth-order valence-corrected chi connectivity index (χ4v) is 2.42. The summed E-state index contributed by atoms with van der Waals surface area (Å²) in [6.07, 6.45) is 2.66. The van der Waals surface area contributed by atoms with Gasteiger partial charge in [-0.2, -0.15) is 0 Å². The monoisotopic (exact) mass is 325 g/mol. The van der Waals surface area contributed by atoms with E-state index in [-0.39, 0.29) is 11.9 Å². The van der Waals surface area contributed by atoms with Gasteiger partial charge >= 0.3 is 0 Å². The second kappa shape index (κ2) is 7.27. The molecule has 3 aromatic rings. The van der Waals surface area contributed by atoms with Gasteiger partial charge in [-0.3, -0.25) is 0 Å². The molecule has 0 saturated heterocycles. The van der Waals surface area contributed by atoms with Crippen molar-refractivity contribution in [3.8, 4) is 11.6 Å². The lowest BCUT2D eigenvalue weighted by atomic mass is 10.1.